The Labute approximate surface area is 179 Å². The normalized spacial score (nSPS) is 15.7. The zero-order valence-corrected chi connectivity index (χ0v) is 19.3. The highest BCUT2D eigenvalue weighted by Gasteiger charge is 2.25. The number of nitrogens with one attached hydrogen (secondary N) is 1. The molecule has 168 valence electrons. The van der Waals surface area contributed by atoms with Gasteiger partial charge >= 0.3 is 6.09 Å². The molecule has 1 heterocycles. The average molecular weight is 440 g/mol. The van der Waals surface area contributed by atoms with Crippen LogP contribution >= 0.6 is 0 Å². The number of rotatable bonds is 6. The molecule has 2 rings (SSSR count). The number of hydrogen-bond donors (Lipinski definition) is 1. The maximum Gasteiger partial charge on any atom is 0.410 e. The fraction of sp³-hybridized carbons (Fsp3) is 0.619. The van der Waals surface area contributed by atoms with Gasteiger partial charge in [-0.2, -0.15) is 0 Å². The highest BCUT2D eigenvalue weighted by molar-refractivity contribution is 7.90. The van der Waals surface area contributed by atoms with Gasteiger partial charge in [0.1, 0.15) is 5.60 Å². The minimum Gasteiger partial charge on any atom is -0.444 e. The van der Waals surface area contributed by atoms with Crippen molar-refractivity contribution in [2.24, 2.45) is 0 Å². The molecule has 30 heavy (non-hydrogen) atoms. The van der Waals surface area contributed by atoms with Crippen LogP contribution in [-0.2, 0) is 14.6 Å². The Morgan fingerprint density at radius 3 is 2.33 bits per heavy atom. The van der Waals surface area contributed by atoms with E-state index in [0.29, 0.717) is 25.2 Å². The lowest BCUT2D eigenvalue weighted by molar-refractivity contribution is 0.0144. The molecule has 0 radical (unpaired) electrons. The first-order valence-electron chi connectivity index (χ1n) is 10.2. The van der Waals surface area contributed by atoms with Crippen molar-refractivity contribution in [3.8, 4) is 0 Å². The zero-order valence-electron chi connectivity index (χ0n) is 18.5. The van der Waals surface area contributed by atoms with Crippen molar-refractivity contribution in [3.63, 3.8) is 0 Å². The summed E-state index contributed by atoms with van der Waals surface area (Å²) in [5.41, 5.74) is 0.619. The van der Waals surface area contributed by atoms with E-state index in [1.54, 1.807) is 17.9 Å². The molecule has 2 amide bonds. The summed E-state index contributed by atoms with van der Waals surface area (Å²) >= 11 is 0. The van der Waals surface area contributed by atoms with Crippen molar-refractivity contribution in [2.75, 3.05) is 45.5 Å². The SMILES string of the molecule is Cc1ccc(S(C)(=O)=O)cc1C(=O)NCCCN1CCN(C(=O)OC(C)(C)C)CC1. The molecular formula is C21H33N3O5S. The molecule has 1 N–H and O–H groups in total. The minimum atomic E-state index is -3.36. The average Bonchev–Trinajstić information content (AvgIpc) is 2.63. The first-order chi connectivity index (χ1) is 13.9. The van der Waals surface area contributed by atoms with Gasteiger partial charge in [0.25, 0.3) is 5.91 Å². The molecule has 0 unspecified atom stereocenters. The summed E-state index contributed by atoms with van der Waals surface area (Å²) in [6.07, 6.45) is 1.62. The Balaban J connectivity index is 1.75. The topological polar surface area (TPSA) is 96.0 Å². The van der Waals surface area contributed by atoms with Crippen LogP contribution in [0.1, 0.15) is 43.1 Å². The number of carbonyl (C=O) groups excluding carboxylic acids is 2. The summed E-state index contributed by atoms with van der Waals surface area (Å²) in [6.45, 7) is 11.4. The molecule has 1 saturated heterocycles. The number of amides is 2. The Kier molecular flexibility index (Phi) is 7.87. The predicted molar refractivity (Wildman–Crippen MR) is 115 cm³/mol. The monoisotopic (exact) mass is 439 g/mol. The molecule has 0 saturated carbocycles. The molecule has 9 heteroatoms. The van der Waals surface area contributed by atoms with Crippen LogP contribution in [0.5, 0.6) is 0 Å². The van der Waals surface area contributed by atoms with Gasteiger partial charge in [0, 0.05) is 44.5 Å². The molecule has 1 fully saturated rings. The van der Waals surface area contributed by atoms with E-state index in [2.05, 4.69) is 10.2 Å². The number of hydrogen-bond acceptors (Lipinski definition) is 6. The van der Waals surface area contributed by atoms with Crippen molar-refractivity contribution in [3.05, 3.63) is 29.3 Å². The molecule has 1 aliphatic heterocycles. The van der Waals surface area contributed by atoms with E-state index in [0.717, 1.165) is 37.9 Å². The Morgan fingerprint density at radius 2 is 1.77 bits per heavy atom. The van der Waals surface area contributed by atoms with Crippen LogP contribution in [0.4, 0.5) is 4.79 Å². The van der Waals surface area contributed by atoms with Gasteiger partial charge < -0.3 is 15.0 Å². The van der Waals surface area contributed by atoms with Gasteiger partial charge in [-0.15, -0.1) is 0 Å². The maximum absolute atomic E-state index is 12.5. The van der Waals surface area contributed by atoms with Gasteiger partial charge in [0.2, 0.25) is 0 Å². The molecule has 8 nitrogen and oxygen atoms in total. The van der Waals surface area contributed by atoms with Crippen LogP contribution in [0.15, 0.2) is 23.1 Å². The summed E-state index contributed by atoms with van der Waals surface area (Å²) in [5.74, 6) is -0.271. The third-order valence-electron chi connectivity index (χ3n) is 4.84. The van der Waals surface area contributed by atoms with Crippen LogP contribution in [0.3, 0.4) is 0 Å². The van der Waals surface area contributed by atoms with Crippen molar-refractivity contribution >= 4 is 21.8 Å². The molecule has 0 aliphatic carbocycles. The van der Waals surface area contributed by atoms with Crippen LogP contribution < -0.4 is 5.32 Å². The minimum absolute atomic E-state index is 0.140. The highest BCUT2D eigenvalue weighted by atomic mass is 32.2. The zero-order chi connectivity index (χ0) is 22.5. The van der Waals surface area contributed by atoms with E-state index in [-0.39, 0.29) is 16.9 Å². The smallest absolute Gasteiger partial charge is 0.410 e. The summed E-state index contributed by atoms with van der Waals surface area (Å²) in [4.78, 5) is 28.7. The number of nitrogens with zero attached hydrogens (tertiary/aromatic N) is 2. The maximum atomic E-state index is 12.5. The van der Waals surface area contributed by atoms with E-state index >= 15 is 0 Å². The van der Waals surface area contributed by atoms with Crippen molar-refractivity contribution < 1.29 is 22.7 Å². The quantitative estimate of drug-likeness (QED) is 0.682. The lowest BCUT2D eigenvalue weighted by Gasteiger charge is -2.35. The third kappa shape index (κ3) is 7.28. The van der Waals surface area contributed by atoms with Gasteiger partial charge in [0.05, 0.1) is 4.90 Å². The fourth-order valence-corrected chi connectivity index (χ4v) is 3.80. The molecule has 1 aromatic carbocycles. The second kappa shape index (κ2) is 9.78. The number of aryl methyl sites for hydroxylation is 1. The Hall–Kier alpha value is -2.13. The molecule has 1 aromatic rings. The molecule has 1 aliphatic rings. The van der Waals surface area contributed by atoms with E-state index < -0.39 is 15.4 Å². The van der Waals surface area contributed by atoms with Crippen LogP contribution in [-0.4, -0.2) is 81.3 Å². The number of sulfone groups is 1. The standard InChI is InChI=1S/C21H33N3O5S/c1-16-7-8-17(30(5,27)28)15-18(16)19(25)22-9-6-10-23-11-13-24(14-12-23)20(26)29-21(2,3)4/h7-8,15H,6,9-14H2,1-5H3,(H,22,25). The summed E-state index contributed by atoms with van der Waals surface area (Å²) < 4.78 is 28.8. The molecule has 0 aromatic heterocycles. The number of benzene rings is 1. The second-order valence-corrected chi connectivity index (χ2v) is 10.7. The number of carbonyl (C=O) groups is 2. The van der Waals surface area contributed by atoms with Crippen molar-refractivity contribution in [1.82, 2.24) is 15.1 Å². The predicted octanol–water partition coefficient (Wildman–Crippen LogP) is 2.07. The Morgan fingerprint density at radius 1 is 1.13 bits per heavy atom. The summed E-state index contributed by atoms with van der Waals surface area (Å²) in [6, 6.07) is 4.59. The van der Waals surface area contributed by atoms with E-state index in [1.165, 1.54) is 12.1 Å². The third-order valence-corrected chi connectivity index (χ3v) is 5.95. The molecular weight excluding hydrogens is 406 g/mol. The molecule has 0 spiro atoms. The number of ether oxygens (including phenoxy) is 1. The summed E-state index contributed by atoms with van der Waals surface area (Å²) in [7, 11) is -3.36. The van der Waals surface area contributed by atoms with Gasteiger partial charge in [-0.25, -0.2) is 13.2 Å². The van der Waals surface area contributed by atoms with E-state index in [1.807, 2.05) is 20.8 Å². The van der Waals surface area contributed by atoms with Crippen LogP contribution in [0, 0.1) is 6.92 Å². The van der Waals surface area contributed by atoms with Crippen LogP contribution in [0.2, 0.25) is 0 Å². The first kappa shape index (κ1) is 24.1. The second-order valence-electron chi connectivity index (χ2n) is 8.67. The van der Waals surface area contributed by atoms with Crippen molar-refractivity contribution in [2.45, 2.75) is 44.6 Å². The van der Waals surface area contributed by atoms with Gasteiger partial charge in [-0.05, 0) is 58.4 Å². The van der Waals surface area contributed by atoms with E-state index in [4.69, 9.17) is 4.74 Å². The largest absolute Gasteiger partial charge is 0.444 e. The summed E-state index contributed by atoms with van der Waals surface area (Å²) in [5, 5.41) is 2.87. The van der Waals surface area contributed by atoms with Crippen molar-refractivity contribution in [1.29, 1.82) is 0 Å². The highest BCUT2D eigenvalue weighted by Crippen LogP contribution is 2.16. The molecule has 0 bridgehead atoms. The number of piperazine rings is 1. The van der Waals surface area contributed by atoms with E-state index in [9.17, 15) is 18.0 Å². The lowest BCUT2D eigenvalue weighted by Crippen LogP contribution is -2.50. The Bertz CT molecular complexity index is 869. The first-order valence-corrected chi connectivity index (χ1v) is 12.0. The van der Waals surface area contributed by atoms with Gasteiger partial charge in [-0.3, -0.25) is 9.69 Å². The lowest BCUT2D eigenvalue weighted by atomic mass is 10.1. The van der Waals surface area contributed by atoms with Crippen LogP contribution in [0.25, 0.3) is 0 Å². The van der Waals surface area contributed by atoms with Gasteiger partial charge in [-0.1, -0.05) is 6.07 Å². The fourth-order valence-electron chi connectivity index (χ4n) is 3.16. The molecule has 0 atom stereocenters. The van der Waals surface area contributed by atoms with Gasteiger partial charge in [0.15, 0.2) is 9.84 Å².